The number of methoxy groups -OCH3 is 1. The van der Waals surface area contributed by atoms with Crippen molar-refractivity contribution in [1.29, 1.82) is 0 Å². The Morgan fingerprint density at radius 3 is 2.69 bits per heavy atom. The van der Waals surface area contributed by atoms with Crippen LogP contribution in [0.25, 0.3) is 11.3 Å². The molecule has 0 bridgehead atoms. The Morgan fingerprint density at radius 2 is 1.90 bits per heavy atom. The minimum absolute atomic E-state index is 0.146. The Labute approximate surface area is 172 Å². The number of ether oxygens (including phenoxy) is 2. The molecule has 0 spiro atoms. The first kappa shape index (κ1) is 20.4. The van der Waals surface area contributed by atoms with Crippen LogP contribution in [-0.4, -0.2) is 35.9 Å². The summed E-state index contributed by atoms with van der Waals surface area (Å²) in [4.78, 5) is 24.0. The molecule has 1 aromatic heterocycles. The SMILES string of the molecule is COc1cccc(-c2ccc(=O)n(CCNC(=O)COc3cccc(Cl)c3)n2)c1. The first-order chi connectivity index (χ1) is 14.0. The summed E-state index contributed by atoms with van der Waals surface area (Å²) in [6.45, 7) is 0.332. The maximum absolute atomic E-state index is 12.1. The van der Waals surface area contributed by atoms with Crippen LogP contribution in [0.4, 0.5) is 0 Å². The molecule has 0 radical (unpaired) electrons. The van der Waals surface area contributed by atoms with Gasteiger partial charge in [0.05, 0.1) is 19.3 Å². The van der Waals surface area contributed by atoms with Crippen LogP contribution in [0.15, 0.2) is 65.5 Å². The molecule has 0 unspecified atom stereocenters. The third-order valence-corrected chi connectivity index (χ3v) is 4.28. The Morgan fingerprint density at radius 1 is 1.10 bits per heavy atom. The second kappa shape index (κ2) is 9.75. The van der Waals surface area contributed by atoms with E-state index in [1.165, 1.54) is 10.7 Å². The Kier molecular flexibility index (Phi) is 6.86. The highest BCUT2D eigenvalue weighted by Gasteiger charge is 2.07. The largest absolute Gasteiger partial charge is 0.497 e. The van der Waals surface area contributed by atoms with Crippen LogP contribution in [0.1, 0.15) is 0 Å². The van der Waals surface area contributed by atoms with Crippen molar-refractivity contribution in [1.82, 2.24) is 15.1 Å². The van der Waals surface area contributed by atoms with Crippen LogP contribution >= 0.6 is 11.6 Å². The van der Waals surface area contributed by atoms with Gasteiger partial charge in [-0.2, -0.15) is 5.10 Å². The van der Waals surface area contributed by atoms with Crippen LogP contribution in [0.5, 0.6) is 11.5 Å². The number of nitrogens with zero attached hydrogens (tertiary/aromatic N) is 2. The molecule has 0 fully saturated rings. The van der Waals surface area contributed by atoms with Crippen molar-refractivity contribution in [2.24, 2.45) is 0 Å². The average Bonchev–Trinajstić information content (AvgIpc) is 2.73. The highest BCUT2D eigenvalue weighted by molar-refractivity contribution is 6.30. The molecule has 8 heteroatoms. The van der Waals surface area contributed by atoms with E-state index in [-0.39, 0.29) is 31.2 Å². The zero-order chi connectivity index (χ0) is 20.6. The number of halogens is 1. The molecule has 1 amide bonds. The third-order valence-electron chi connectivity index (χ3n) is 4.04. The number of rotatable bonds is 8. The number of hydrogen-bond donors (Lipinski definition) is 1. The molecule has 7 nitrogen and oxygen atoms in total. The Bertz CT molecular complexity index is 1050. The summed E-state index contributed by atoms with van der Waals surface area (Å²) >= 11 is 5.87. The zero-order valence-corrected chi connectivity index (χ0v) is 16.6. The van der Waals surface area contributed by atoms with Crippen molar-refractivity contribution in [3.8, 4) is 22.8 Å². The van der Waals surface area contributed by atoms with Gasteiger partial charge in [0.1, 0.15) is 11.5 Å². The van der Waals surface area contributed by atoms with E-state index < -0.39 is 0 Å². The van der Waals surface area contributed by atoms with Crippen LogP contribution in [0.3, 0.4) is 0 Å². The maximum Gasteiger partial charge on any atom is 0.266 e. The van der Waals surface area contributed by atoms with Crippen molar-refractivity contribution in [2.75, 3.05) is 20.3 Å². The van der Waals surface area contributed by atoms with Gasteiger partial charge in [0.15, 0.2) is 6.61 Å². The van der Waals surface area contributed by atoms with Gasteiger partial charge in [-0.05, 0) is 36.4 Å². The number of aromatic nitrogens is 2. The molecule has 150 valence electrons. The quantitative estimate of drug-likeness (QED) is 0.614. The Hall–Kier alpha value is -3.32. The monoisotopic (exact) mass is 413 g/mol. The first-order valence-corrected chi connectivity index (χ1v) is 9.30. The zero-order valence-electron chi connectivity index (χ0n) is 15.8. The standard InChI is InChI=1S/C21H20ClN3O4/c1-28-17-6-2-4-15(12-17)19-8-9-21(27)25(24-19)11-10-23-20(26)14-29-18-7-3-5-16(22)13-18/h2-9,12-13H,10-11,14H2,1H3,(H,23,26). The number of carbonyl (C=O) groups is 1. The maximum atomic E-state index is 12.1. The van der Waals surface area contributed by atoms with Crippen LogP contribution in [-0.2, 0) is 11.3 Å². The molecule has 0 aliphatic carbocycles. The molecule has 0 saturated carbocycles. The van der Waals surface area contributed by atoms with Gasteiger partial charge in [0.2, 0.25) is 0 Å². The molecule has 0 aliphatic rings. The van der Waals surface area contributed by atoms with E-state index in [0.717, 1.165) is 5.56 Å². The van der Waals surface area contributed by atoms with Gasteiger partial charge >= 0.3 is 0 Å². The van der Waals surface area contributed by atoms with E-state index in [1.807, 2.05) is 24.3 Å². The molecule has 1 heterocycles. The Balaban J connectivity index is 1.56. The summed E-state index contributed by atoms with van der Waals surface area (Å²) < 4.78 is 11.9. The van der Waals surface area contributed by atoms with Gasteiger partial charge in [0, 0.05) is 23.2 Å². The lowest BCUT2D eigenvalue weighted by molar-refractivity contribution is -0.123. The van der Waals surface area contributed by atoms with Crippen LogP contribution < -0.4 is 20.3 Å². The number of amides is 1. The summed E-state index contributed by atoms with van der Waals surface area (Å²) in [7, 11) is 1.59. The number of carbonyl (C=O) groups excluding carboxylic acids is 1. The topological polar surface area (TPSA) is 82.5 Å². The van der Waals surface area contributed by atoms with Crippen molar-refractivity contribution in [3.05, 3.63) is 76.0 Å². The van der Waals surface area contributed by atoms with Crippen molar-refractivity contribution in [3.63, 3.8) is 0 Å². The predicted octanol–water partition coefficient (Wildman–Crippen LogP) is 2.77. The fourth-order valence-corrected chi connectivity index (χ4v) is 2.78. The smallest absolute Gasteiger partial charge is 0.266 e. The molecule has 0 saturated heterocycles. The highest BCUT2D eigenvalue weighted by atomic mass is 35.5. The fraction of sp³-hybridized carbons (Fsp3) is 0.190. The predicted molar refractivity (Wildman–Crippen MR) is 110 cm³/mol. The third kappa shape index (κ3) is 5.83. The molecular weight excluding hydrogens is 394 g/mol. The lowest BCUT2D eigenvalue weighted by Gasteiger charge is -2.10. The van der Waals surface area contributed by atoms with Crippen molar-refractivity contribution in [2.45, 2.75) is 6.54 Å². The lowest BCUT2D eigenvalue weighted by atomic mass is 10.1. The van der Waals surface area contributed by atoms with Gasteiger partial charge in [-0.25, -0.2) is 4.68 Å². The van der Waals surface area contributed by atoms with Crippen molar-refractivity contribution >= 4 is 17.5 Å². The van der Waals surface area contributed by atoms with Crippen molar-refractivity contribution < 1.29 is 14.3 Å². The second-order valence-electron chi connectivity index (χ2n) is 6.11. The summed E-state index contributed by atoms with van der Waals surface area (Å²) in [5, 5.41) is 7.61. The van der Waals surface area contributed by atoms with E-state index in [0.29, 0.717) is 22.2 Å². The van der Waals surface area contributed by atoms with E-state index in [2.05, 4.69) is 10.4 Å². The second-order valence-corrected chi connectivity index (χ2v) is 6.54. The van der Waals surface area contributed by atoms with E-state index in [9.17, 15) is 9.59 Å². The fourth-order valence-electron chi connectivity index (χ4n) is 2.60. The van der Waals surface area contributed by atoms with Crippen LogP contribution in [0, 0.1) is 0 Å². The van der Waals surface area contributed by atoms with E-state index in [1.54, 1.807) is 37.4 Å². The lowest BCUT2D eigenvalue weighted by Crippen LogP contribution is -2.34. The highest BCUT2D eigenvalue weighted by Crippen LogP contribution is 2.21. The molecule has 3 rings (SSSR count). The molecule has 0 atom stereocenters. The number of hydrogen-bond acceptors (Lipinski definition) is 5. The molecule has 3 aromatic rings. The summed E-state index contributed by atoms with van der Waals surface area (Å²) in [5.74, 6) is 0.910. The number of nitrogens with one attached hydrogen (secondary N) is 1. The molecule has 2 aromatic carbocycles. The van der Waals surface area contributed by atoms with Gasteiger partial charge in [-0.3, -0.25) is 9.59 Å². The van der Waals surface area contributed by atoms with E-state index in [4.69, 9.17) is 21.1 Å². The minimum atomic E-state index is -0.304. The molecule has 29 heavy (non-hydrogen) atoms. The van der Waals surface area contributed by atoms with Gasteiger partial charge in [-0.15, -0.1) is 0 Å². The van der Waals surface area contributed by atoms with Gasteiger partial charge in [0.25, 0.3) is 11.5 Å². The minimum Gasteiger partial charge on any atom is -0.497 e. The average molecular weight is 414 g/mol. The number of benzene rings is 2. The first-order valence-electron chi connectivity index (χ1n) is 8.93. The molecular formula is C21H20ClN3O4. The summed E-state index contributed by atoms with van der Waals surface area (Å²) in [6, 6.07) is 17.3. The summed E-state index contributed by atoms with van der Waals surface area (Å²) in [5.41, 5.74) is 1.22. The van der Waals surface area contributed by atoms with Gasteiger partial charge < -0.3 is 14.8 Å². The van der Waals surface area contributed by atoms with E-state index >= 15 is 0 Å². The van der Waals surface area contributed by atoms with Gasteiger partial charge in [-0.1, -0.05) is 29.8 Å². The van der Waals surface area contributed by atoms with Crippen LogP contribution in [0.2, 0.25) is 5.02 Å². The molecule has 0 aliphatic heterocycles. The molecule has 1 N–H and O–H groups in total. The normalized spacial score (nSPS) is 10.4. The summed E-state index contributed by atoms with van der Waals surface area (Å²) in [6.07, 6.45) is 0.